The van der Waals surface area contributed by atoms with E-state index >= 15 is 0 Å². The SMILES string of the molecule is CCC(C)C(C)(C)[Si](OC)(OC)c1c(C)ccc2ccc(C)cc12. The van der Waals surface area contributed by atoms with Gasteiger partial charge in [-0.25, -0.2) is 0 Å². The Morgan fingerprint density at radius 2 is 1.62 bits per heavy atom. The molecule has 0 saturated carbocycles. The highest BCUT2D eigenvalue weighted by molar-refractivity contribution is 6.86. The maximum atomic E-state index is 6.31. The van der Waals surface area contributed by atoms with Gasteiger partial charge in [0.15, 0.2) is 0 Å². The summed E-state index contributed by atoms with van der Waals surface area (Å²) >= 11 is 0. The highest BCUT2D eigenvalue weighted by atomic mass is 28.4. The third-order valence-corrected chi connectivity index (χ3v) is 10.6. The van der Waals surface area contributed by atoms with Crippen molar-refractivity contribution < 1.29 is 8.85 Å². The van der Waals surface area contributed by atoms with Gasteiger partial charge in [0.25, 0.3) is 0 Å². The molecule has 0 aliphatic heterocycles. The Hall–Kier alpha value is -1.16. The van der Waals surface area contributed by atoms with Crippen LogP contribution >= 0.6 is 0 Å². The van der Waals surface area contributed by atoms with Crippen LogP contribution in [0.25, 0.3) is 10.8 Å². The molecule has 1 atom stereocenters. The van der Waals surface area contributed by atoms with Crippen LogP contribution in [0.5, 0.6) is 0 Å². The van der Waals surface area contributed by atoms with Gasteiger partial charge in [-0.05, 0) is 36.1 Å². The molecule has 0 aliphatic rings. The molecule has 0 spiro atoms. The van der Waals surface area contributed by atoms with E-state index in [1.54, 1.807) is 0 Å². The Morgan fingerprint density at radius 1 is 1.04 bits per heavy atom. The van der Waals surface area contributed by atoms with Crippen LogP contribution in [0.15, 0.2) is 30.3 Å². The molecule has 0 bridgehead atoms. The van der Waals surface area contributed by atoms with Crippen molar-refractivity contribution in [3.05, 3.63) is 41.5 Å². The first-order valence-corrected chi connectivity index (χ1v) is 10.7. The van der Waals surface area contributed by atoms with Crippen molar-refractivity contribution in [3.63, 3.8) is 0 Å². The van der Waals surface area contributed by atoms with Gasteiger partial charge in [0.05, 0.1) is 0 Å². The second-order valence-electron chi connectivity index (χ2n) is 7.54. The van der Waals surface area contributed by atoms with E-state index in [-0.39, 0.29) is 5.04 Å². The van der Waals surface area contributed by atoms with E-state index in [0.717, 1.165) is 6.42 Å². The molecule has 0 saturated heterocycles. The minimum absolute atomic E-state index is 0.0476. The van der Waals surface area contributed by atoms with Gasteiger partial charge >= 0.3 is 8.56 Å². The average Bonchev–Trinajstić information content (AvgIpc) is 2.56. The molecular formula is C21H32O2Si. The monoisotopic (exact) mass is 344 g/mol. The molecule has 2 aromatic rings. The van der Waals surface area contributed by atoms with Crippen molar-refractivity contribution in [2.75, 3.05) is 14.2 Å². The van der Waals surface area contributed by atoms with Crippen molar-refractivity contribution in [3.8, 4) is 0 Å². The summed E-state index contributed by atoms with van der Waals surface area (Å²) in [5, 5.41) is 3.78. The normalized spacial score (nSPS) is 14.2. The van der Waals surface area contributed by atoms with E-state index in [1.807, 2.05) is 14.2 Å². The summed E-state index contributed by atoms with van der Waals surface area (Å²) < 4.78 is 12.6. The zero-order valence-electron chi connectivity index (χ0n) is 16.5. The molecule has 0 radical (unpaired) electrons. The Morgan fingerprint density at radius 3 is 2.17 bits per heavy atom. The highest BCUT2D eigenvalue weighted by Gasteiger charge is 2.56. The van der Waals surface area contributed by atoms with Gasteiger partial charge in [0, 0.05) is 24.4 Å². The predicted molar refractivity (Wildman–Crippen MR) is 106 cm³/mol. The number of benzene rings is 2. The smallest absolute Gasteiger partial charge is 0.379 e. The summed E-state index contributed by atoms with van der Waals surface area (Å²) in [6.45, 7) is 13.5. The van der Waals surface area contributed by atoms with E-state index in [1.165, 1.54) is 27.1 Å². The van der Waals surface area contributed by atoms with Gasteiger partial charge in [0.1, 0.15) is 0 Å². The molecule has 0 N–H and O–H groups in total. The fraction of sp³-hybridized carbons (Fsp3) is 0.524. The first-order chi connectivity index (χ1) is 11.2. The van der Waals surface area contributed by atoms with Crippen molar-refractivity contribution in [1.82, 2.24) is 0 Å². The van der Waals surface area contributed by atoms with Crippen molar-refractivity contribution in [1.29, 1.82) is 0 Å². The van der Waals surface area contributed by atoms with Gasteiger partial charge in [-0.15, -0.1) is 0 Å². The van der Waals surface area contributed by atoms with Gasteiger partial charge in [0.2, 0.25) is 0 Å². The van der Waals surface area contributed by atoms with E-state index in [0.29, 0.717) is 5.92 Å². The number of hydrogen-bond donors (Lipinski definition) is 0. The Labute approximate surface area is 148 Å². The lowest BCUT2D eigenvalue weighted by molar-refractivity contribution is 0.201. The average molecular weight is 345 g/mol. The standard InChI is InChI=1S/C21H32O2Si/c1-9-17(4)21(5,6)24(22-7,23-8)20-16(3)11-13-18-12-10-15(2)14-19(18)20/h10-14,17H,9H2,1-8H3. The Bertz CT molecular complexity index is 712. The molecule has 2 rings (SSSR count). The summed E-state index contributed by atoms with van der Waals surface area (Å²) in [6, 6.07) is 11.1. The lowest BCUT2D eigenvalue weighted by Gasteiger charge is -2.46. The molecule has 24 heavy (non-hydrogen) atoms. The van der Waals surface area contributed by atoms with Crippen LogP contribution in [-0.2, 0) is 8.85 Å². The summed E-state index contributed by atoms with van der Waals surface area (Å²) in [5.74, 6) is 0.503. The zero-order valence-corrected chi connectivity index (χ0v) is 17.5. The molecule has 2 nitrogen and oxygen atoms in total. The highest BCUT2D eigenvalue weighted by Crippen LogP contribution is 2.47. The molecule has 132 valence electrons. The molecule has 0 aromatic heterocycles. The van der Waals surface area contributed by atoms with Crippen LogP contribution < -0.4 is 5.19 Å². The number of hydrogen-bond acceptors (Lipinski definition) is 2. The zero-order chi connectivity index (χ0) is 18.1. The van der Waals surface area contributed by atoms with Crippen molar-refractivity contribution in [2.24, 2.45) is 5.92 Å². The molecule has 0 amide bonds. The third-order valence-electron chi connectivity index (χ3n) is 5.98. The Balaban J connectivity index is 2.89. The number of aryl methyl sites for hydroxylation is 2. The van der Waals surface area contributed by atoms with E-state index in [4.69, 9.17) is 8.85 Å². The van der Waals surface area contributed by atoms with E-state index < -0.39 is 8.56 Å². The van der Waals surface area contributed by atoms with Crippen LogP contribution in [-0.4, -0.2) is 22.8 Å². The van der Waals surface area contributed by atoms with E-state index in [9.17, 15) is 0 Å². The summed E-state index contributed by atoms with van der Waals surface area (Å²) in [6.07, 6.45) is 1.11. The topological polar surface area (TPSA) is 18.5 Å². The lowest BCUT2D eigenvalue weighted by Crippen LogP contribution is -2.62. The van der Waals surface area contributed by atoms with Crippen LogP contribution in [0, 0.1) is 19.8 Å². The molecule has 0 heterocycles. The van der Waals surface area contributed by atoms with E-state index in [2.05, 4.69) is 71.9 Å². The maximum absolute atomic E-state index is 6.31. The second-order valence-corrected chi connectivity index (χ2v) is 11.4. The van der Waals surface area contributed by atoms with Crippen LogP contribution in [0.4, 0.5) is 0 Å². The molecule has 0 fully saturated rings. The first-order valence-electron chi connectivity index (χ1n) is 8.85. The van der Waals surface area contributed by atoms with Crippen molar-refractivity contribution in [2.45, 2.75) is 53.0 Å². The van der Waals surface area contributed by atoms with Gasteiger partial charge < -0.3 is 8.85 Å². The number of rotatable bonds is 6. The second kappa shape index (κ2) is 6.99. The molecule has 1 unspecified atom stereocenters. The Kier molecular flexibility index (Phi) is 5.58. The van der Waals surface area contributed by atoms with Gasteiger partial charge in [-0.1, -0.05) is 70.0 Å². The van der Waals surface area contributed by atoms with Crippen LogP contribution in [0.2, 0.25) is 5.04 Å². The number of fused-ring (bicyclic) bond motifs is 1. The van der Waals surface area contributed by atoms with Gasteiger partial charge in [-0.2, -0.15) is 0 Å². The molecule has 2 aromatic carbocycles. The molecule has 3 heteroatoms. The summed E-state index contributed by atoms with van der Waals surface area (Å²) in [5.41, 5.74) is 2.53. The van der Waals surface area contributed by atoms with Crippen LogP contribution in [0.1, 0.15) is 45.2 Å². The minimum Gasteiger partial charge on any atom is -0.394 e. The first kappa shape index (κ1) is 19.2. The van der Waals surface area contributed by atoms with Gasteiger partial charge in [-0.3, -0.25) is 0 Å². The fourth-order valence-corrected chi connectivity index (χ4v) is 8.25. The van der Waals surface area contributed by atoms with Crippen molar-refractivity contribution >= 4 is 24.5 Å². The quantitative estimate of drug-likeness (QED) is 0.668. The molecule has 0 aliphatic carbocycles. The summed E-state index contributed by atoms with van der Waals surface area (Å²) in [4.78, 5) is 0. The minimum atomic E-state index is -2.66. The lowest BCUT2D eigenvalue weighted by atomic mass is 9.94. The summed E-state index contributed by atoms with van der Waals surface area (Å²) in [7, 11) is 0.991. The fourth-order valence-electron chi connectivity index (χ4n) is 3.95. The third kappa shape index (κ3) is 2.83. The van der Waals surface area contributed by atoms with Crippen LogP contribution in [0.3, 0.4) is 0 Å². The molecular weight excluding hydrogens is 312 g/mol. The largest absolute Gasteiger partial charge is 0.394 e. The maximum Gasteiger partial charge on any atom is 0.379 e. The predicted octanol–water partition coefficient (Wildman–Crippen LogP) is 5.22.